The topological polar surface area (TPSA) is 40.5 Å². The maximum atomic E-state index is 11.7. The van der Waals surface area contributed by atoms with Crippen LogP contribution in [0.1, 0.15) is 119 Å². The second-order valence-electron chi connectivity index (χ2n) is 14.4. The first-order valence-corrected chi connectivity index (χ1v) is 14.6. The van der Waals surface area contributed by atoms with Gasteiger partial charge in [-0.2, -0.15) is 0 Å². The molecule has 0 bridgehead atoms. The van der Waals surface area contributed by atoms with Gasteiger partial charge in [-0.1, -0.05) is 85.0 Å². The zero-order valence-corrected chi connectivity index (χ0v) is 23.4. The van der Waals surface area contributed by atoms with Crippen LogP contribution in [0.3, 0.4) is 0 Å². The summed E-state index contributed by atoms with van der Waals surface area (Å²) >= 11 is 0. The van der Waals surface area contributed by atoms with E-state index in [0.29, 0.717) is 17.8 Å². The second-order valence-corrected chi connectivity index (χ2v) is 14.4. The zero-order chi connectivity index (χ0) is 25.1. The van der Waals surface area contributed by atoms with E-state index in [2.05, 4.69) is 55.0 Å². The van der Waals surface area contributed by atoms with Gasteiger partial charge in [0.25, 0.3) is 0 Å². The van der Waals surface area contributed by atoms with Crippen LogP contribution < -0.4 is 0 Å². The van der Waals surface area contributed by atoms with Gasteiger partial charge < -0.3 is 10.2 Å². The Hall–Kier alpha value is -0.600. The quantitative estimate of drug-likeness (QED) is 0.369. The normalized spacial score (nSPS) is 43.2. The molecule has 194 valence electrons. The van der Waals surface area contributed by atoms with Crippen LogP contribution in [0.15, 0.2) is 23.8 Å². The first-order valence-electron chi connectivity index (χ1n) is 14.6. The molecule has 0 radical (unpaired) electrons. The fourth-order valence-electron chi connectivity index (χ4n) is 10.2. The molecule has 2 nitrogen and oxygen atoms in total. The number of fused-ring (bicyclic) bond motifs is 4. The van der Waals surface area contributed by atoms with Crippen molar-refractivity contribution >= 4 is 0 Å². The van der Waals surface area contributed by atoms with Gasteiger partial charge in [0.2, 0.25) is 0 Å². The number of hydrogen-bond acceptors (Lipinski definition) is 2. The minimum atomic E-state index is -0.460. The van der Waals surface area contributed by atoms with E-state index < -0.39 is 6.10 Å². The highest BCUT2D eigenvalue weighted by atomic mass is 16.3. The van der Waals surface area contributed by atoms with Crippen LogP contribution in [-0.4, -0.2) is 22.4 Å². The molecule has 4 aliphatic carbocycles. The van der Waals surface area contributed by atoms with Crippen LogP contribution in [0.5, 0.6) is 0 Å². The highest BCUT2D eigenvalue weighted by Gasteiger charge is 2.66. The van der Waals surface area contributed by atoms with Crippen molar-refractivity contribution in [2.24, 2.45) is 45.3 Å². The number of rotatable bonds is 7. The summed E-state index contributed by atoms with van der Waals surface area (Å²) < 4.78 is 0. The molecule has 0 aromatic heterocycles. The molecule has 8 atom stereocenters. The molecule has 2 N–H and O–H groups in total. The van der Waals surface area contributed by atoms with Gasteiger partial charge >= 0.3 is 0 Å². The minimum Gasteiger partial charge on any atom is -0.393 e. The van der Waals surface area contributed by atoms with Crippen molar-refractivity contribution < 1.29 is 10.2 Å². The molecule has 0 aliphatic heterocycles. The van der Waals surface area contributed by atoms with Gasteiger partial charge in [0, 0.05) is 5.41 Å². The fourth-order valence-corrected chi connectivity index (χ4v) is 10.2. The van der Waals surface area contributed by atoms with E-state index in [0.717, 1.165) is 38.0 Å². The third kappa shape index (κ3) is 3.63. The van der Waals surface area contributed by atoms with Crippen LogP contribution >= 0.6 is 0 Å². The maximum Gasteiger partial charge on any atom is 0.0817 e. The molecule has 1 unspecified atom stereocenters. The lowest BCUT2D eigenvalue weighted by atomic mass is 9.42. The highest BCUT2D eigenvalue weighted by molar-refractivity contribution is 5.41. The summed E-state index contributed by atoms with van der Waals surface area (Å²) in [6.45, 7) is 21.0. The Kier molecular flexibility index (Phi) is 7.05. The van der Waals surface area contributed by atoms with Crippen molar-refractivity contribution in [3.63, 3.8) is 0 Å². The van der Waals surface area contributed by atoms with E-state index in [-0.39, 0.29) is 27.8 Å². The molecule has 0 aromatic carbocycles. The van der Waals surface area contributed by atoms with Crippen LogP contribution in [0.25, 0.3) is 0 Å². The second kappa shape index (κ2) is 9.05. The third-order valence-corrected chi connectivity index (χ3v) is 12.2. The number of hydrogen-bond donors (Lipinski definition) is 2. The molecular weight excluding hydrogens is 416 g/mol. The Balaban J connectivity index is 1.74. The van der Waals surface area contributed by atoms with Gasteiger partial charge in [-0.05, 0) is 91.3 Å². The average molecular weight is 471 g/mol. The predicted molar refractivity (Wildman–Crippen MR) is 143 cm³/mol. The van der Waals surface area contributed by atoms with E-state index in [9.17, 15) is 10.2 Å². The molecule has 0 amide bonds. The van der Waals surface area contributed by atoms with E-state index in [1.165, 1.54) is 38.5 Å². The van der Waals surface area contributed by atoms with E-state index >= 15 is 0 Å². The van der Waals surface area contributed by atoms with Crippen molar-refractivity contribution in [1.82, 2.24) is 0 Å². The molecule has 2 fully saturated rings. The van der Waals surface area contributed by atoms with Gasteiger partial charge in [0.15, 0.2) is 0 Å². The lowest BCUT2D eigenvalue weighted by molar-refractivity contribution is -0.104. The fraction of sp³-hybridized carbons (Fsp3) is 0.875. The van der Waals surface area contributed by atoms with Gasteiger partial charge in [0.05, 0.1) is 12.2 Å². The predicted octanol–water partition coefficient (Wildman–Crippen LogP) is 8.09. The third-order valence-electron chi connectivity index (χ3n) is 12.2. The number of allylic oxidation sites excluding steroid dienone is 1. The van der Waals surface area contributed by atoms with Crippen molar-refractivity contribution in [3.8, 4) is 0 Å². The first kappa shape index (κ1) is 26.5. The molecule has 4 rings (SSSR count). The molecule has 0 aromatic rings. The average Bonchev–Trinajstić information content (AvgIpc) is 3.10. The van der Waals surface area contributed by atoms with Crippen LogP contribution in [0.2, 0.25) is 0 Å². The zero-order valence-electron chi connectivity index (χ0n) is 23.4. The molecule has 34 heavy (non-hydrogen) atoms. The molecule has 2 saturated carbocycles. The van der Waals surface area contributed by atoms with Crippen LogP contribution in [0.4, 0.5) is 0 Å². The first-order chi connectivity index (χ1) is 15.9. The SMILES string of the molecule is C=CC(O)[C@]12CC[C@H]([C@H](C)CCCC(C)C)[C@@]1(C)CCC1=C2CC[C@H]2C(C)(C)[C@H](O)CC[C@]12C. The lowest BCUT2D eigenvalue weighted by Gasteiger charge is -2.63. The summed E-state index contributed by atoms with van der Waals surface area (Å²) in [6, 6.07) is 0. The van der Waals surface area contributed by atoms with Crippen molar-refractivity contribution in [1.29, 1.82) is 0 Å². The lowest BCUT2D eigenvalue weighted by Crippen LogP contribution is -2.57. The van der Waals surface area contributed by atoms with Crippen LogP contribution in [0, 0.1) is 45.3 Å². The minimum absolute atomic E-state index is 0.0420. The summed E-state index contributed by atoms with van der Waals surface area (Å²) in [7, 11) is 0. The van der Waals surface area contributed by atoms with Gasteiger partial charge in [-0.3, -0.25) is 0 Å². The van der Waals surface area contributed by atoms with Crippen molar-refractivity contribution in [2.75, 3.05) is 0 Å². The Morgan fingerprint density at radius 3 is 2.29 bits per heavy atom. The number of aliphatic hydroxyl groups excluding tert-OH is 2. The van der Waals surface area contributed by atoms with E-state index in [1.54, 1.807) is 11.1 Å². The van der Waals surface area contributed by atoms with Gasteiger partial charge in [-0.25, -0.2) is 0 Å². The monoisotopic (exact) mass is 470 g/mol. The standard InChI is InChI=1S/C32H54O2/c1-9-27(33)32-20-16-23(22(4)12-10-11-21(2)3)31(32,8)19-15-24-25(32)13-14-26-29(5,6)28(34)17-18-30(24,26)7/h9,21-23,26-28,33-34H,1,10-20H2,2-8H3/t22-,23-,26+,27?,28-,30-,31-,32-/m1/s1. The Morgan fingerprint density at radius 2 is 1.65 bits per heavy atom. The summed E-state index contributed by atoms with van der Waals surface area (Å²) in [5, 5.41) is 22.6. The highest BCUT2D eigenvalue weighted by Crippen LogP contribution is 2.73. The summed E-state index contributed by atoms with van der Waals surface area (Å²) in [5.41, 5.74) is 3.41. The summed E-state index contributed by atoms with van der Waals surface area (Å²) in [4.78, 5) is 0. The Morgan fingerprint density at radius 1 is 0.941 bits per heavy atom. The molecular formula is C32H54O2. The smallest absolute Gasteiger partial charge is 0.0817 e. The summed E-state index contributed by atoms with van der Waals surface area (Å²) in [5.74, 6) is 2.69. The van der Waals surface area contributed by atoms with Crippen LogP contribution in [-0.2, 0) is 0 Å². The summed E-state index contributed by atoms with van der Waals surface area (Å²) in [6.07, 6.45) is 14.1. The Bertz CT molecular complexity index is 808. The number of aliphatic hydroxyl groups is 2. The Labute approximate surface area is 210 Å². The molecule has 2 heteroatoms. The molecule has 0 heterocycles. The maximum absolute atomic E-state index is 11.7. The van der Waals surface area contributed by atoms with Gasteiger partial charge in [-0.15, -0.1) is 6.58 Å². The van der Waals surface area contributed by atoms with E-state index in [1.807, 2.05) is 6.08 Å². The van der Waals surface area contributed by atoms with E-state index in [4.69, 9.17) is 0 Å². The molecule has 0 spiro atoms. The molecule has 4 aliphatic rings. The largest absolute Gasteiger partial charge is 0.393 e. The van der Waals surface area contributed by atoms with Crippen molar-refractivity contribution in [3.05, 3.63) is 23.8 Å². The van der Waals surface area contributed by atoms with Gasteiger partial charge in [0.1, 0.15) is 0 Å². The molecule has 0 saturated heterocycles. The van der Waals surface area contributed by atoms with Crippen molar-refractivity contribution in [2.45, 2.75) is 131 Å².